The molecule has 1 aromatic carbocycles. The van der Waals surface area contributed by atoms with Crippen LogP contribution in [-0.2, 0) is 7.05 Å². The summed E-state index contributed by atoms with van der Waals surface area (Å²) in [7, 11) is 3.35. The fraction of sp³-hybridized carbons (Fsp3) is 0.353. The predicted octanol–water partition coefficient (Wildman–Crippen LogP) is 2.90. The molecule has 6 heteroatoms. The fourth-order valence-electron chi connectivity index (χ4n) is 2.43. The van der Waals surface area contributed by atoms with E-state index in [1.807, 2.05) is 19.1 Å². The number of methoxy groups -OCH3 is 1. The highest BCUT2D eigenvalue weighted by Gasteiger charge is 2.18. The predicted molar refractivity (Wildman–Crippen MR) is 92.3 cm³/mol. The molecule has 2 N–H and O–H groups in total. The van der Waals surface area contributed by atoms with Crippen molar-refractivity contribution in [3.8, 4) is 5.75 Å². The Morgan fingerprint density at radius 3 is 2.87 bits per heavy atom. The van der Waals surface area contributed by atoms with Crippen molar-refractivity contribution in [1.82, 2.24) is 9.88 Å². The van der Waals surface area contributed by atoms with Gasteiger partial charge in [0.1, 0.15) is 11.4 Å². The Morgan fingerprint density at radius 2 is 2.26 bits per heavy atom. The first-order valence-corrected chi connectivity index (χ1v) is 7.81. The summed E-state index contributed by atoms with van der Waals surface area (Å²) < 4.78 is 6.98. The molecule has 2 aromatic rings. The summed E-state index contributed by atoms with van der Waals surface area (Å²) in [5.74, 6) is 0.300. The number of nitrogens with zero attached hydrogens (tertiary/aromatic N) is 1. The maximum atomic E-state index is 12.5. The minimum absolute atomic E-state index is 0.152. The lowest BCUT2D eigenvalue weighted by molar-refractivity contribution is 0.0921. The molecule has 1 aromatic heterocycles. The minimum atomic E-state index is -0.412. The van der Waals surface area contributed by atoms with Crippen molar-refractivity contribution in [3.05, 3.63) is 41.1 Å². The van der Waals surface area contributed by atoms with Gasteiger partial charge in [0.2, 0.25) is 0 Å². The molecule has 0 saturated heterocycles. The van der Waals surface area contributed by atoms with Gasteiger partial charge >= 0.3 is 0 Å². The summed E-state index contributed by atoms with van der Waals surface area (Å²) in [5.41, 5.74) is 1.31. The summed E-state index contributed by atoms with van der Waals surface area (Å²) in [5, 5.41) is 13.4. The molecule has 1 heterocycles. The van der Waals surface area contributed by atoms with Crippen LogP contribution in [-0.4, -0.2) is 35.3 Å². The molecule has 0 unspecified atom stereocenters. The molecule has 0 saturated carbocycles. The van der Waals surface area contributed by atoms with Crippen molar-refractivity contribution in [2.45, 2.75) is 19.4 Å². The van der Waals surface area contributed by atoms with Crippen LogP contribution in [0.4, 0.5) is 0 Å². The number of hydrogen-bond acceptors (Lipinski definition) is 3. The van der Waals surface area contributed by atoms with Gasteiger partial charge in [-0.2, -0.15) is 0 Å². The number of aliphatic hydroxyl groups excluding tert-OH is 1. The number of fused-ring (bicyclic) bond motifs is 1. The standard InChI is InChI=1S/C17H21ClN2O3/c1-4-5-6-11(10-21)19-17(22)14-9-12-13(20(14)2)7-8-15(23-3)16(12)18/h5-9,11,21H,4,10H2,1-3H3,(H,19,22)/b6-5+/t11-/m0/s1. The molecule has 0 bridgehead atoms. The summed E-state index contributed by atoms with van der Waals surface area (Å²) in [6.45, 7) is 1.84. The van der Waals surface area contributed by atoms with Crippen LogP contribution in [0.5, 0.6) is 5.75 Å². The number of hydrogen-bond donors (Lipinski definition) is 2. The van der Waals surface area contributed by atoms with Gasteiger partial charge in [-0.15, -0.1) is 0 Å². The highest BCUT2D eigenvalue weighted by molar-refractivity contribution is 6.37. The zero-order valence-corrected chi connectivity index (χ0v) is 14.2. The number of carbonyl (C=O) groups excluding carboxylic acids is 1. The Balaban J connectivity index is 2.36. The molecule has 0 spiro atoms. The summed E-state index contributed by atoms with van der Waals surface area (Å²) >= 11 is 6.31. The van der Waals surface area contributed by atoms with Crippen molar-refractivity contribution in [2.24, 2.45) is 7.05 Å². The van der Waals surface area contributed by atoms with Gasteiger partial charge in [-0.1, -0.05) is 30.7 Å². The van der Waals surface area contributed by atoms with Crippen molar-refractivity contribution >= 4 is 28.4 Å². The quantitative estimate of drug-likeness (QED) is 0.797. The van der Waals surface area contributed by atoms with Crippen LogP contribution in [0.3, 0.4) is 0 Å². The van der Waals surface area contributed by atoms with E-state index in [9.17, 15) is 9.90 Å². The summed E-state index contributed by atoms with van der Waals surface area (Å²) in [4.78, 5) is 12.5. The van der Waals surface area contributed by atoms with E-state index >= 15 is 0 Å². The number of aliphatic hydroxyl groups is 1. The van der Waals surface area contributed by atoms with Crippen LogP contribution < -0.4 is 10.1 Å². The van der Waals surface area contributed by atoms with Gasteiger partial charge < -0.3 is 19.7 Å². The van der Waals surface area contributed by atoms with Crippen LogP contribution in [0, 0.1) is 0 Å². The van der Waals surface area contributed by atoms with Crippen LogP contribution in [0.1, 0.15) is 23.8 Å². The third-order valence-corrected chi connectivity index (χ3v) is 4.08. The molecule has 0 aliphatic carbocycles. The Labute approximate surface area is 140 Å². The van der Waals surface area contributed by atoms with Gasteiger partial charge in [-0.25, -0.2) is 0 Å². The second kappa shape index (κ2) is 7.53. The van der Waals surface area contributed by atoms with Crippen molar-refractivity contribution in [1.29, 1.82) is 0 Å². The summed E-state index contributed by atoms with van der Waals surface area (Å²) in [6, 6.07) is 4.95. The van der Waals surface area contributed by atoms with Gasteiger partial charge in [-0.3, -0.25) is 4.79 Å². The lowest BCUT2D eigenvalue weighted by Crippen LogP contribution is -2.36. The number of rotatable bonds is 6. The third kappa shape index (κ3) is 3.51. The van der Waals surface area contributed by atoms with Crippen LogP contribution in [0.25, 0.3) is 10.9 Å². The van der Waals surface area contributed by atoms with E-state index in [1.54, 1.807) is 36.9 Å². The molecule has 2 rings (SSSR count). The normalized spacial score (nSPS) is 12.7. The maximum absolute atomic E-state index is 12.5. The molecule has 0 aliphatic rings. The van der Waals surface area contributed by atoms with E-state index in [0.29, 0.717) is 16.5 Å². The number of allylic oxidation sites excluding steroid dienone is 1. The highest BCUT2D eigenvalue weighted by atomic mass is 35.5. The molecule has 5 nitrogen and oxygen atoms in total. The van der Waals surface area contributed by atoms with Gasteiger partial charge in [0.15, 0.2) is 0 Å². The number of halogens is 1. The van der Waals surface area contributed by atoms with E-state index in [-0.39, 0.29) is 12.5 Å². The van der Waals surface area contributed by atoms with E-state index in [4.69, 9.17) is 16.3 Å². The molecule has 0 fully saturated rings. The number of aromatic nitrogens is 1. The zero-order chi connectivity index (χ0) is 17.0. The van der Waals surface area contributed by atoms with Gasteiger partial charge in [0, 0.05) is 12.4 Å². The lowest BCUT2D eigenvalue weighted by atomic mass is 10.2. The van der Waals surface area contributed by atoms with E-state index < -0.39 is 6.04 Å². The molecule has 1 amide bonds. The van der Waals surface area contributed by atoms with Gasteiger partial charge in [0.05, 0.1) is 30.3 Å². The van der Waals surface area contributed by atoms with Gasteiger partial charge in [-0.05, 0) is 24.6 Å². The molecule has 124 valence electrons. The van der Waals surface area contributed by atoms with Crippen molar-refractivity contribution < 1.29 is 14.6 Å². The lowest BCUT2D eigenvalue weighted by Gasteiger charge is -2.12. The monoisotopic (exact) mass is 336 g/mol. The second-order valence-electron chi connectivity index (χ2n) is 5.20. The fourth-order valence-corrected chi connectivity index (χ4v) is 2.72. The third-order valence-electron chi connectivity index (χ3n) is 3.69. The van der Waals surface area contributed by atoms with E-state index in [0.717, 1.165) is 17.3 Å². The SMILES string of the molecule is CC/C=C/[C@@H](CO)NC(=O)c1cc2c(Cl)c(OC)ccc2n1C. The molecule has 1 atom stereocenters. The first kappa shape index (κ1) is 17.4. The number of amides is 1. The first-order chi connectivity index (χ1) is 11.0. The molecular formula is C17H21ClN2O3. The highest BCUT2D eigenvalue weighted by Crippen LogP contribution is 2.34. The zero-order valence-electron chi connectivity index (χ0n) is 13.5. The van der Waals surface area contributed by atoms with Crippen molar-refractivity contribution in [2.75, 3.05) is 13.7 Å². The molecule has 0 radical (unpaired) electrons. The molecular weight excluding hydrogens is 316 g/mol. The first-order valence-electron chi connectivity index (χ1n) is 7.43. The number of carbonyl (C=O) groups is 1. The van der Waals surface area contributed by atoms with Crippen LogP contribution >= 0.6 is 11.6 Å². The Kier molecular flexibility index (Phi) is 5.69. The number of aryl methyl sites for hydroxylation is 1. The number of benzene rings is 1. The Morgan fingerprint density at radius 1 is 1.52 bits per heavy atom. The maximum Gasteiger partial charge on any atom is 0.268 e. The van der Waals surface area contributed by atoms with E-state index in [2.05, 4.69) is 5.32 Å². The van der Waals surface area contributed by atoms with Crippen LogP contribution in [0.2, 0.25) is 5.02 Å². The number of ether oxygens (including phenoxy) is 1. The largest absolute Gasteiger partial charge is 0.495 e. The van der Waals surface area contributed by atoms with Crippen LogP contribution in [0.15, 0.2) is 30.4 Å². The topological polar surface area (TPSA) is 63.5 Å². The Bertz CT molecular complexity index is 737. The molecule has 23 heavy (non-hydrogen) atoms. The second-order valence-corrected chi connectivity index (χ2v) is 5.58. The van der Waals surface area contributed by atoms with Crippen molar-refractivity contribution in [3.63, 3.8) is 0 Å². The Hall–Kier alpha value is -1.98. The van der Waals surface area contributed by atoms with Gasteiger partial charge in [0.25, 0.3) is 5.91 Å². The van der Waals surface area contributed by atoms with E-state index in [1.165, 1.54) is 0 Å². The number of nitrogens with one attached hydrogen (secondary N) is 1. The smallest absolute Gasteiger partial charge is 0.268 e. The minimum Gasteiger partial charge on any atom is -0.495 e. The molecule has 0 aliphatic heterocycles. The summed E-state index contributed by atoms with van der Waals surface area (Å²) in [6.07, 6.45) is 4.54. The average molecular weight is 337 g/mol. The average Bonchev–Trinajstić information content (AvgIpc) is 2.89.